The van der Waals surface area contributed by atoms with Gasteiger partial charge in [-0.15, -0.1) is 0 Å². The lowest BCUT2D eigenvalue weighted by Crippen LogP contribution is -2.39. The first-order chi connectivity index (χ1) is 12.1. The summed E-state index contributed by atoms with van der Waals surface area (Å²) in [5.41, 5.74) is 2.74. The topological polar surface area (TPSA) is 63.1 Å². The predicted octanol–water partition coefficient (Wildman–Crippen LogP) is 3.71. The van der Waals surface area contributed by atoms with Crippen LogP contribution in [0.3, 0.4) is 0 Å². The molecule has 0 aliphatic rings. The van der Waals surface area contributed by atoms with Gasteiger partial charge >= 0.3 is 6.03 Å². The minimum atomic E-state index is -0.118. The highest BCUT2D eigenvalue weighted by Crippen LogP contribution is 2.15. The van der Waals surface area contributed by atoms with Gasteiger partial charge in [-0.1, -0.05) is 30.3 Å². The number of rotatable bonds is 5. The fraction of sp³-hybridized carbons (Fsp3) is 0.211. The van der Waals surface area contributed by atoms with E-state index >= 15 is 0 Å². The molecule has 0 bridgehead atoms. The molecule has 128 valence electrons. The van der Waals surface area contributed by atoms with Crippen molar-refractivity contribution in [1.29, 1.82) is 0 Å². The molecule has 3 aromatic rings. The number of anilines is 1. The van der Waals surface area contributed by atoms with E-state index in [0.717, 1.165) is 16.9 Å². The first-order valence-corrected chi connectivity index (χ1v) is 8.20. The Kier molecular flexibility index (Phi) is 5.09. The van der Waals surface area contributed by atoms with Crippen LogP contribution >= 0.6 is 0 Å². The van der Waals surface area contributed by atoms with Crippen LogP contribution in [0.2, 0.25) is 0 Å². The van der Waals surface area contributed by atoms with Crippen LogP contribution in [-0.2, 0) is 6.54 Å². The maximum Gasteiger partial charge on any atom is 0.322 e. The maximum absolute atomic E-state index is 12.7. The minimum Gasteiger partial charge on any atom is -0.318 e. The first kappa shape index (κ1) is 16.7. The van der Waals surface area contributed by atoms with Crippen molar-refractivity contribution < 1.29 is 4.79 Å². The zero-order valence-corrected chi connectivity index (χ0v) is 14.3. The Labute approximate surface area is 147 Å². The van der Waals surface area contributed by atoms with Crippen LogP contribution in [0.4, 0.5) is 10.5 Å². The van der Waals surface area contributed by atoms with Crippen molar-refractivity contribution in [3.05, 3.63) is 72.8 Å². The summed E-state index contributed by atoms with van der Waals surface area (Å²) in [4.78, 5) is 18.4. The standard InChI is InChI=1S/C19H21N5O/c1-15(2)23(12-16-6-4-3-5-7-16)19(25)22-17-8-10-18(11-9-17)24-14-20-13-21-24/h3-11,13-15H,12H2,1-2H3,(H,22,25). The molecule has 1 aromatic heterocycles. The van der Waals surface area contributed by atoms with Crippen molar-refractivity contribution >= 4 is 11.7 Å². The molecule has 2 aromatic carbocycles. The van der Waals surface area contributed by atoms with Crippen molar-refractivity contribution in [3.8, 4) is 5.69 Å². The van der Waals surface area contributed by atoms with E-state index in [1.54, 1.807) is 15.9 Å². The van der Waals surface area contributed by atoms with Gasteiger partial charge in [0.2, 0.25) is 0 Å². The lowest BCUT2D eigenvalue weighted by Gasteiger charge is -2.27. The third kappa shape index (κ3) is 4.23. The molecule has 0 spiro atoms. The summed E-state index contributed by atoms with van der Waals surface area (Å²) in [5, 5.41) is 7.04. The van der Waals surface area contributed by atoms with E-state index in [1.165, 1.54) is 6.33 Å². The Balaban J connectivity index is 1.68. The monoisotopic (exact) mass is 335 g/mol. The average Bonchev–Trinajstić information content (AvgIpc) is 3.15. The van der Waals surface area contributed by atoms with Gasteiger partial charge in [-0.3, -0.25) is 0 Å². The van der Waals surface area contributed by atoms with E-state index in [4.69, 9.17) is 0 Å². The van der Waals surface area contributed by atoms with Crippen molar-refractivity contribution in [3.63, 3.8) is 0 Å². The van der Waals surface area contributed by atoms with E-state index in [0.29, 0.717) is 6.54 Å². The third-order valence-electron chi connectivity index (χ3n) is 3.88. The molecule has 0 saturated carbocycles. The van der Waals surface area contributed by atoms with Crippen molar-refractivity contribution in [2.45, 2.75) is 26.4 Å². The Morgan fingerprint density at radius 2 is 1.84 bits per heavy atom. The minimum absolute atomic E-state index is 0.0922. The summed E-state index contributed by atoms with van der Waals surface area (Å²) >= 11 is 0. The second kappa shape index (κ2) is 7.61. The van der Waals surface area contributed by atoms with Gasteiger partial charge in [0.25, 0.3) is 0 Å². The Morgan fingerprint density at radius 1 is 1.12 bits per heavy atom. The molecule has 6 nitrogen and oxygen atoms in total. The molecule has 6 heteroatoms. The molecule has 0 radical (unpaired) electrons. The zero-order chi connectivity index (χ0) is 17.6. The van der Waals surface area contributed by atoms with E-state index < -0.39 is 0 Å². The molecule has 25 heavy (non-hydrogen) atoms. The zero-order valence-electron chi connectivity index (χ0n) is 14.3. The summed E-state index contributed by atoms with van der Waals surface area (Å²) in [7, 11) is 0. The number of carbonyl (C=O) groups is 1. The summed E-state index contributed by atoms with van der Waals surface area (Å²) in [5.74, 6) is 0. The fourth-order valence-corrected chi connectivity index (χ4v) is 2.50. The molecule has 0 aliphatic heterocycles. The molecule has 3 rings (SSSR count). The summed E-state index contributed by atoms with van der Waals surface area (Å²) in [6.07, 6.45) is 3.12. The fourth-order valence-electron chi connectivity index (χ4n) is 2.50. The number of aromatic nitrogens is 3. The lowest BCUT2D eigenvalue weighted by molar-refractivity contribution is 0.193. The second-order valence-electron chi connectivity index (χ2n) is 6.02. The molecule has 0 aliphatic carbocycles. The molecule has 0 atom stereocenters. The van der Waals surface area contributed by atoms with Gasteiger partial charge in [-0.05, 0) is 43.7 Å². The lowest BCUT2D eigenvalue weighted by atomic mass is 10.2. The van der Waals surface area contributed by atoms with E-state index in [9.17, 15) is 4.79 Å². The van der Waals surface area contributed by atoms with Gasteiger partial charge in [-0.2, -0.15) is 5.10 Å². The van der Waals surface area contributed by atoms with Crippen LogP contribution in [-0.4, -0.2) is 31.7 Å². The first-order valence-electron chi connectivity index (χ1n) is 8.20. The summed E-state index contributed by atoms with van der Waals surface area (Å²) in [6.45, 7) is 4.59. The molecule has 1 heterocycles. The Hall–Kier alpha value is -3.15. The number of nitrogens with zero attached hydrogens (tertiary/aromatic N) is 4. The Morgan fingerprint density at radius 3 is 2.44 bits per heavy atom. The summed E-state index contributed by atoms with van der Waals surface area (Å²) in [6, 6.07) is 17.4. The average molecular weight is 335 g/mol. The Bertz CT molecular complexity index is 798. The number of amides is 2. The highest BCUT2D eigenvalue weighted by atomic mass is 16.2. The van der Waals surface area contributed by atoms with Crippen LogP contribution in [0.15, 0.2) is 67.3 Å². The van der Waals surface area contributed by atoms with E-state index in [2.05, 4.69) is 15.4 Å². The molecule has 1 N–H and O–H groups in total. The number of hydrogen-bond donors (Lipinski definition) is 1. The molecule has 0 fully saturated rings. The number of benzene rings is 2. The van der Waals surface area contributed by atoms with Crippen molar-refractivity contribution in [2.75, 3.05) is 5.32 Å². The van der Waals surface area contributed by atoms with Gasteiger partial charge in [0.15, 0.2) is 0 Å². The molecule has 0 unspecified atom stereocenters. The normalized spacial score (nSPS) is 10.7. The van der Waals surface area contributed by atoms with Gasteiger partial charge < -0.3 is 10.2 Å². The largest absolute Gasteiger partial charge is 0.322 e. The van der Waals surface area contributed by atoms with Crippen LogP contribution in [0, 0.1) is 0 Å². The molecular formula is C19H21N5O. The van der Waals surface area contributed by atoms with Gasteiger partial charge in [-0.25, -0.2) is 14.5 Å². The number of urea groups is 1. The number of hydrogen-bond acceptors (Lipinski definition) is 3. The van der Waals surface area contributed by atoms with Gasteiger partial charge in [0, 0.05) is 18.3 Å². The van der Waals surface area contributed by atoms with Crippen molar-refractivity contribution in [1.82, 2.24) is 19.7 Å². The predicted molar refractivity (Wildman–Crippen MR) is 97.5 cm³/mol. The van der Waals surface area contributed by atoms with Crippen LogP contribution in [0.5, 0.6) is 0 Å². The summed E-state index contributed by atoms with van der Waals surface area (Å²) < 4.78 is 1.67. The van der Waals surface area contributed by atoms with Crippen LogP contribution < -0.4 is 5.32 Å². The molecule has 2 amide bonds. The van der Waals surface area contributed by atoms with Crippen LogP contribution in [0.25, 0.3) is 5.69 Å². The third-order valence-corrected chi connectivity index (χ3v) is 3.88. The smallest absolute Gasteiger partial charge is 0.318 e. The molecule has 0 saturated heterocycles. The maximum atomic E-state index is 12.7. The van der Waals surface area contributed by atoms with E-state index in [1.807, 2.05) is 68.4 Å². The quantitative estimate of drug-likeness (QED) is 0.773. The van der Waals surface area contributed by atoms with Crippen molar-refractivity contribution in [2.24, 2.45) is 0 Å². The van der Waals surface area contributed by atoms with Crippen LogP contribution in [0.1, 0.15) is 19.4 Å². The number of carbonyl (C=O) groups excluding carboxylic acids is 1. The molecular weight excluding hydrogens is 314 g/mol. The van der Waals surface area contributed by atoms with Gasteiger partial charge in [0.05, 0.1) is 5.69 Å². The second-order valence-corrected chi connectivity index (χ2v) is 6.02. The SMILES string of the molecule is CC(C)N(Cc1ccccc1)C(=O)Nc1ccc(-n2cncn2)cc1. The number of nitrogens with one attached hydrogen (secondary N) is 1. The van der Waals surface area contributed by atoms with E-state index in [-0.39, 0.29) is 12.1 Å². The highest BCUT2D eigenvalue weighted by Gasteiger charge is 2.17. The highest BCUT2D eigenvalue weighted by molar-refractivity contribution is 5.89. The van der Waals surface area contributed by atoms with Gasteiger partial charge in [0.1, 0.15) is 12.7 Å².